The minimum absolute atomic E-state index is 0.267. The Morgan fingerprint density at radius 3 is 2.15 bits per heavy atom. The zero-order valence-corrected chi connectivity index (χ0v) is 12.3. The summed E-state index contributed by atoms with van der Waals surface area (Å²) in [4.78, 5) is 11.1. The summed E-state index contributed by atoms with van der Waals surface area (Å²) in [6, 6.07) is 6.32. The van der Waals surface area contributed by atoms with Gasteiger partial charge < -0.3 is 5.11 Å². The Labute approximate surface area is 117 Å². The van der Waals surface area contributed by atoms with Crippen molar-refractivity contribution in [2.24, 2.45) is 0 Å². The van der Waals surface area contributed by atoms with Crippen LogP contribution in [0.3, 0.4) is 0 Å². The summed E-state index contributed by atoms with van der Waals surface area (Å²) in [5.41, 5.74) is 0.267. The predicted molar refractivity (Wildman–Crippen MR) is 73.5 cm³/mol. The van der Waals surface area contributed by atoms with Gasteiger partial charge in [0.15, 0.2) is 0 Å². The molecule has 2 N–H and O–H groups in total. The largest absolute Gasteiger partial charge is 0.480 e. The van der Waals surface area contributed by atoms with Crippen molar-refractivity contribution in [2.75, 3.05) is 17.8 Å². The van der Waals surface area contributed by atoms with Crippen LogP contribution in [0.5, 0.6) is 0 Å². The summed E-state index contributed by atoms with van der Waals surface area (Å²) >= 11 is 0. The minimum atomic E-state index is -4.02. The Morgan fingerprint density at radius 1 is 1.15 bits per heavy atom. The first-order valence-corrected chi connectivity index (χ1v) is 9.27. The van der Waals surface area contributed by atoms with Gasteiger partial charge in [0.05, 0.1) is 11.5 Å². The van der Waals surface area contributed by atoms with E-state index in [0.717, 1.165) is 6.26 Å². The van der Waals surface area contributed by atoms with Gasteiger partial charge in [0.25, 0.3) is 0 Å². The Balaban J connectivity index is 2.89. The van der Waals surface area contributed by atoms with E-state index in [1.807, 2.05) is 4.72 Å². The van der Waals surface area contributed by atoms with Gasteiger partial charge in [-0.1, -0.05) is 30.3 Å². The molecule has 9 heteroatoms. The lowest BCUT2D eigenvalue weighted by molar-refractivity contribution is -0.139. The number of carboxylic acid groups (broad SMARTS) is 1. The molecular formula is C11H15NO6S2. The molecule has 0 amide bonds. The van der Waals surface area contributed by atoms with Crippen LogP contribution in [0.1, 0.15) is 11.6 Å². The quantitative estimate of drug-likeness (QED) is 0.716. The van der Waals surface area contributed by atoms with Gasteiger partial charge in [-0.2, -0.15) is 4.72 Å². The lowest BCUT2D eigenvalue weighted by Gasteiger charge is -2.14. The van der Waals surface area contributed by atoms with Crippen LogP contribution in [-0.4, -0.2) is 45.7 Å². The number of aliphatic carboxylic acids is 1. The third kappa shape index (κ3) is 5.68. The van der Waals surface area contributed by atoms with Crippen LogP contribution in [0, 0.1) is 0 Å². The lowest BCUT2D eigenvalue weighted by Crippen LogP contribution is -2.36. The minimum Gasteiger partial charge on any atom is -0.480 e. The number of benzene rings is 1. The van der Waals surface area contributed by atoms with Gasteiger partial charge in [0, 0.05) is 6.26 Å². The molecule has 1 aromatic rings. The molecule has 1 rings (SSSR count). The van der Waals surface area contributed by atoms with E-state index in [-0.39, 0.29) is 5.56 Å². The van der Waals surface area contributed by atoms with E-state index in [1.165, 1.54) is 12.1 Å². The number of sulfonamides is 1. The molecule has 20 heavy (non-hydrogen) atoms. The van der Waals surface area contributed by atoms with E-state index < -0.39 is 43.4 Å². The van der Waals surface area contributed by atoms with Gasteiger partial charge in [0.2, 0.25) is 10.0 Å². The molecule has 0 fully saturated rings. The number of hydrogen-bond acceptors (Lipinski definition) is 5. The first-order chi connectivity index (χ1) is 9.11. The van der Waals surface area contributed by atoms with E-state index in [1.54, 1.807) is 18.2 Å². The van der Waals surface area contributed by atoms with Crippen molar-refractivity contribution in [2.45, 2.75) is 6.04 Å². The molecule has 0 aromatic heterocycles. The molecule has 0 aliphatic rings. The standard InChI is InChI=1S/C11H15NO6S2/c1-19(15,16)7-8-20(17,18)12-10(11(13)14)9-5-3-2-4-6-9/h2-6,10,12H,7-8H2,1H3,(H,13,14)/t10-/m0/s1. The normalized spacial score (nSPS) is 13.8. The summed E-state index contributed by atoms with van der Waals surface area (Å²) in [6.45, 7) is 0. The molecular weight excluding hydrogens is 306 g/mol. The molecule has 0 bridgehead atoms. The van der Waals surface area contributed by atoms with Crippen LogP contribution in [0.25, 0.3) is 0 Å². The smallest absolute Gasteiger partial charge is 0.326 e. The highest BCUT2D eigenvalue weighted by atomic mass is 32.2. The molecule has 1 atom stereocenters. The van der Waals surface area contributed by atoms with E-state index in [0.29, 0.717) is 0 Å². The maximum Gasteiger partial charge on any atom is 0.326 e. The fourth-order valence-corrected chi connectivity index (χ4v) is 4.21. The summed E-state index contributed by atoms with van der Waals surface area (Å²) in [6.07, 6.45) is 0.911. The van der Waals surface area contributed by atoms with Crippen molar-refractivity contribution in [3.8, 4) is 0 Å². The van der Waals surface area contributed by atoms with Gasteiger partial charge >= 0.3 is 5.97 Å². The van der Waals surface area contributed by atoms with Crippen LogP contribution < -0.4 is 4.72 Å². The summed E-state index contributed by atoms with van der Waals surface area (Å²) < 4.78 is 47.4. The molecule has 0 unspecified atom stereocenters. The van der Waals surface area contributed by atoms with Crippen molar-refractivity contribution < 1.29 is 26.7 Å². The zero-order chi connectivity index (χ0) is 15.4. The van der Waals surface area contributed by atoms with E-state index >= 15 is 0 Å². The second-order valence-electron chi connectivity index (χ2n) is 4.25. The molecule has 7 nitrogen and oxygen atoms in total. The lowest BCUT2D eigenvalue weighted by atomic mass is 10.1. The molecule has 0 radical (unpaired) electrons. The number of carbonyl (C=O) groups is 1. The van der Waals surface area contributed by atoms with Crippen LogP contribution in [0.4, 0.5) is 0 Å². The van der Waals surface area contributed by atoms with Crippen molar-refractivity contribution in [3.63, 3.8) is 0 Å². The highest BCUT2D eigenvalue weighted by Crippen LogP contribution is 2.14. The SMILES string of the molecule is CS(=O)(=O)CCS(=O)(=O)N[C@H](C(=O)O)c1ccccc1. The Morgan fingerprint density at radius 2 is 1.70 bits per heavy atom. The van der Waals surface area contributed by atoms with Gasteiger partial charge in [-0.25, -0.2) is 16.8 Å². The summed E-state index contributed by atoms with van der Waals surface area (Å²) in [7, 11) is -7.46. The first-order valence-electron chi connectivity index (χ1n) is 5.56. The molecule has 0 spiro atoms. The van der Waals surface area contributed by atoms with Crippen molar-refractivity contribution in [1.29, 1.82) is 0 Å². The van der Waals surface area contributed by atoms with Crippen LogP contribution >= 0.6 is 0 Å². The zero-order valence-electron chi connectivity index (χ0n) is 10.7. The van der Waals surface area contributed by atoms with E-state index in [2.05, 4.69) is 0 Å². The molecule has 0 saturated heterocycles. The van der Waals surface area contributed by atoms with Crippen LogP contribution in [-0.2, 0) is 24.7 Å². The molecule has 1 aromatic carbocycles. The second-order valence-corrected chi connectivity index (χ2v) is 8.38. The van der Waals surface area contributed by atoms with Crippen LogP contribution in [0.2, 0.25) is 0 Å². The number of sulfone groups is 1. The number of hydrogen-bond donors (Lipinski definition) is 2. The highest BCUT2D eigenvalue weighted by Gasteiger charge is 2.26. The number of nitrogens with one attached hydrogen (secondary N) is 1. The summed E-state index contributed by atoms with van der Waals surface area (Å²) in [5.74, 6) is -2.61. The molecule has 0 heterocycles. The molecule has 112 valence electrons. The third-order valence-electron chi connectivity index (χ3n) is 2.40. The Hall–Kier alpha value is -1.45. The van der Waals surface area contributed by atoms with Gasteiger partial charge in [-0.15, -0.1) is 0 Å². The van der Waals surface area contributed by atoms with E-state index in [4.69, 9.17) is 5.11 Å². The predicted octanol–water partition coefficient (Wildman–Crippen LogP) is -0.224. The first kappa shape index (κ1) is 16.6. The summed E-state index contributed by atoms with van der Waals surface area (Å²) in [5, 5.41) is 9.07. The maximum absolute atomic E-state index is 11.7. The molecule has 0 aliphatic heterocycles. The number of rotatable bonds is 7. The fraction of sp³-hybridized carbons (Fsp3) is 0.364. The Bertz CT molecular complexity index is 666. The average molecular weight is 321 g/mol. The monoisotopic (exact) mass is 321 g/mol. The maximum atomic E-state index is 11.7. The van der Waals surface area contributed by atoms with E-state index in [9.17, 15) is 21.6 Å². The van der Waals surface area contributed by atoms with Gasteiger partial charge in [-0.3, -0.25) is 4.79 Å². The molecule has 0 saturated carbocycles. The topological polar surface area (TPSA) is 118 Å². The van der Waals surface area contributed by atoms with Gasteiger partial charge in [0.1, 0.15) is 15.9 Å². The van der Waals surface area contributed by atoms with Gasteiger partial charge in [-0.05, 0) is 5.56 Å². The third-order valence-corrected chi connectivity index (χ3v) is 4.94. The van der Waals surface area contributed by atoms with Crippen molar-refractivity contribution in [3.05, 3.63) is 35.9 Å². The highest BCUT2D eigenvalue weighted by molar-refractivity contribution is 7.93. The molecule has 0 aliphatic carbocycles. The van der Waals surface area contributed by atoms with Crippen molar-refractivity contribution in [1.82, 2.24) is 4.72 Å². The second kappa shape index (κ2) is 6.33. The van der Waals surface area contributed by atoms with Crippen molar-refractivity contribution >= 4 is 25.8 Å². The average Bonchev–Trinajstić information content (AvgIpc) is 2.34. The fourth-order valence-electron chi connectivity index (χ4n) is 1.41. The number of carboxylic acids is 1. The Kier molecular flexibility index (Phi) is 5.26. The van der Waals surface area contributed by atoms with Crippen LogP contribution in [0.15, 0.2) is 30.3 Å².